The Morgan fingerprint density at radius 2 is 2.23 bits per heavy atom. The number of benzene rings is 1. The molecule has 1 rings (SSSR count). The molecule has 0 saturated heterocycles. The molecule has 4 nitrogen and oxygen atoms in total. The molecule has 0 unspecified atom stereocenters. The van der Waals surface area contributed by atoms with E-state index in [1.165, 1.54) is 0 Å². The lowest BCUT2D eigenvalue weighted by molar-refractivity contribution is 0.232. The molecule has 0 heterocycles. The molecule has 1 aromatic carbocycles. The minimum absolute atomic E-state index is 0.0279. The second-order valence-electron chi connectivity index (χ2n) is 2.40. The summed E-state index contributed by atoms with van der Waals surface area (Å²) in [5.41, 5.74) is 7.82. The second-order valence-corrected chi connectivity index (χ2v) is 2.81. The van der Waals surface area contributed by atoms with Gasteiger partial charge in [0.1, 0.15) is 0 Å². The molecule has 0 amide bonds. The molecule has 0 aliphatic carbocycles. The summed E-state index contributed by atoms with van der Waals surface area (Å²) in [5.74, 6) is -0.0279. The topological polar surface area (TPSA) is 70.6 Å². The van der Waals surface area contributed by atoms with E-state index in [2.05, 4.69) is 4.99 Å². The number of rotatable bonds is 2. The average Bonchev–Trinajstić information content (AvgIpc) is 2.16. The van der Waals surface area contributed by atoms with E-state index in [0.29, 0.717) is 11.6 Å². The maximum absolute atomic E-state index is 8.34. The van der Waals surface area contributed by atoms with Crippen LogP contribution in [0.5, 0.6) is 0 Å². The van der Waals surface area contributed by atoms with Gasteiger partial charge in [-0.3, -0.25) is 5.21 Å². The molecule has 1 aromatic rings. The van der Waals surface area contributed by atoms with E-state index in [9.17, 15) is 0 Å². The van der Waals surface area contributed by atoms with Gasteiger partial charge in [-0.05, 0) is 11.6 Å². The lowest BCUT2D eigenvalue weighted by atomic mass is 10.2. The fourth-order valence-corrected chi connectivity index (χ4v) is 1.03. The summed E-state index contributed by atoms with van der Waals surface area (Å²) in [6.07, 6.45) is 0. The Kier molecular flexibility index (Phi) is 3.54. The van der Waals surface area contributed by atoms with Gasteiger partial charge >= 0.3 is 0 Å². The molecular formula is C8H10ClN3O. The van der Waals surface area contributed by atoms with Crippen LogP contribution >= 0.6 is 11.6 Å². The first kappa shape index (κ1) is 9.83. The van der Waals surface area contributed by atoms with Crippen molar-refractivity contribution >= 4 is 17.6 Å². The number of aliphatic imine (C=N–C) groups is 1. The quantitative estimate of drug-likeness (QED) is 0.380. The zero-order valence-electron chi connectivity index (χ0n) is 6.87. The van der Waals surface area contributed by atoms with Gasteiger partial charge in [0, 0.05) is 5.02 Å². The van der Waals surface area contributed by atoms with Crippen LogP contribution in [0.15, 0.2) is 29.3 Å². The Bertz CT molecular complexity index is 314. The van der Waals surface area contributed by atoms with Crippen molar-refractivity contribution in [3.05, 3.63) is 34.9 Å². The Balaban J connectivity index is 2.70. The van der Waals surface area contributed by atoms with Crippen molar-refractivity contribution in [3.8, 4) is 0 Å². The number of hydroxylamine groups is 1. The van der Waals surface area contributed by atoms with Crippen LogP contribution in [0, 0.1) is 0 Å². The molecule has 5 heteroatoms. The van der Waals surface area contributed by atoms with Gasteiger partial charge in [-0.1, -0.05) is 29.8 Å². The highest BCUT2D eigenvalue weighted by molar-refractivity contribution is 6.31. The maximum Gasteiger partial charge on any atom is 0.213 e. The summed E-state index contributed by atoms with van der Waals surface area (Å²) < 4.78 is 0. The van der Waals surface area contributed by atoms with Crippen molar-refractivity contribution in [1.29, 1.82) is 0 Å². The Morgan fingerprint density at radius 1 is 1.54 bits per heavy atom. The minimum Gasteiger partial charge on any atom is -0.368 e. The van der Waals surface area contributed by atoms with Gasteiger partial charge in [-0.15, -0.1) is 0 Å². The number of nitrogens with one attached hydrogen (secondary N) is 1. The number of halogens is 1. The van der Waals surface area contributed by atoms with E-state index in [0.717, 1.165) is 5.56 Å². The number of hydrogen-bond donors (Lipinski definition) is 3. The third-order valence-corrected chi connectivity index (χ3v) is 1.86. The van der Waals surface area contributed by atoms with Crippen LogP contribution in [0.25, 0.3) is 0 Å². The van der Waals surface area contributed by atoms with Crippen LogP contribution in [-0.2, 0) is 6.54 Å². The van der Waals surface area contributed by atoms with Crippen molar-refractivity contribution in [2.45, 2.75) is 6.54 Å². The lowest BCUT2D eigenvalue weighted by Gasteiger charge is -2.00. The molecule has 0 bridgehead atoms. The highest BCUT2D eigenvalue weighted by Gasteiger charge is 1.96. The summed E-state index contributed by atoms with van der Waals surface area (Å²) in [5, 5.41) is 8.98. The molecule has 4 N–H and O–H groups in total. The van der Waals surface area contributed by atoms with Crippen LogP contribution in [0.2, 0.25) is 5.02 Å². The molecule has 0 radical (unpaired) electrons. The zero-order valence-corrected chi connectivity index (χ0v) is 7.62. The smallest absolute Gasteiger partial charge is 0.213 e. The standard InChI is InChI=1S/C8H10ClN3O/c9-7-4-2-1-3-6(7)5-11-8(10)12-13/h1-4,13H,5H2,(H3,10,11,12). The molecule has 0 spiro atoms. The van der Waals surface area contributed by atoms with Gasteiger partial charge < -0.3 is 5.73 Å². The van der Waals surface area contributed by atoms with E-state index in [1.807, 2.05) is 18.2 Å². The van der Waals surface area contributed by atoms with Crippen LogP contribution in [0.1, 0.15) is 5.56 Å². The zero-order chi connectivity index (χ0) is 9.68. The highest BCUT2D eigenvalue weighted by atomic mass is 35.5. The minimum atomic E-state index is -0.0279. The Morgan fingerprint density at radius 3 is 2.85 bits per heavy atom. The van der Waals surface area contributed by atoms with Crippen molar-refractivity contribution in [1.82, 2.24) is 5.48 Å². The second kappa shape index (κ2) is 4.69. The number of nitrogens with two attached hydrogens (primary N) is 1. The third-order valence-electron chi connectivity index (χ3n) is 1.49. The fourth-order valence-electron chi connectivity index (χ4n) is 0.832. The van der Waals surface area contributed by atoms with Crippen molar-refractivity contribution < 1.29 is 5.21 Å². The molecule has 0 fully saturated rings. The van der Waals surface area contributed by atoms with Crippen molar-refractivity contribution in [2.75, 3.05) is 0 Å². The first-order valence-electron chi connectivity index (χ1n) is 3.67. The lowest BCUT2D eigenvalue weighted by Crippen LogP contribution is -2.28. The largest absolute Gasteiger partial charge is 0.368 e. The average molecular weight is 200 g/mol. The molecule has 70 valence electrons. The first-order valence-corrected chi connectivity index (χ1v) is 4.05. The number of hydrogen-bond acceptors (Lipinski definition) is 2. The van der Waals surface area contributed by atoms with Crippen LogP contribution in [-0.4, -0.2) is 11.2 Å². The van der Waals surface area contributed by atoms with E-state index in [-0.39, 0.29) is 5.96 Å². The molecular weight excluding hydrogens is 190 g/mol. The van der Waals surface area contributed by atoms with Crippen molar-refractivity contribution in [3.63, 3.8) is 0 Å². The first-order chi connectivity index (χ1) is 6.24. The van der Waals surface area contributed by atoms with Gasteiger partial charge in [-0.25, -0.2) is 10.5 Å². The summed E-state index contributed by atoms with van der Waals surface area (Å²) in [4.78, 5) is 3.82. The number of guanidine groups is 1. The number of nitrogens with zero attached hydrogens (tertiary/aromatic N) is 1. The normalized spacial score (nSPS) is 11.4. The SMILES string of the molecule is NC(=NCc1ccccc1Cl)NO. The molecule has 0 aliphatic heterocycles. The predicted octanol–water partition coefficient (Wildman–Crippen LogP) is 1.13. The Labute approximate surface area is 81.0 Å². The Hall–Kier alpha value is -1.26. The van der Waals surface area contributed by atoms with Crippen LogP contribution < -0.4 is 11.2 Å². The van der Waals surface area contributed by atoms with Gasteiger partial charge in [0.05, 0.1) is 6.54 Å². The molecule has 0 aliphatic rings. The fraction of sp³-hybridized carbons (Fsp3) is 0.125. The van der Waals surface area contributed by atoms with E-state index in [1.54, 1.807) is 11.5 Å². The summed E-state index contributed by atoms with van der Waals surface area (Å²) >= 11 is 5.86. The van der Waals surface area contributed by atoms with Crippen LogP contribution in [0.4, 0.5) is 0 Å². The highest BCUT2D eigenvalue weighted by Crippen LogP contribution is 2.15. The summed E-state index contributed by atoms with van der Waals surface area (Å²) in [6, 6.07) is 7.31. The van der Waals surface area contributed by atoms with E-state index in [4.69, 9.17) is 22.5 Å². The van der Waals surface area contributed by atoms with Gasteiger partial charge in [0.25, 0.3) is 0 Å². The summed E-state index contributed by atoms with van der Waals surface area (Å²) in [6.45, 7) is 0.346. The van der Waals surface area contributed by atoms with Gasteiger partial charge in [-0.2, -0.15) is 0 Å². The molecule has 13 heavy (non-hydrogen) atoms. The van der Waals surface area contributed by atoms with E-state index < -0.39 is 0 Å². The predicted molar refractivity (Wildman–Crippen MR) is 51.7 cm³/mol. The van der Waals surface area contributed by atoms with E-state index >= 15 is 0 Å². The van der Waals surface area contributed by atoms with Crippen molar-refractivity contribution in [2.24, 2.45) is 10.7 Å². The third kappa shape index (κ3) is 2.93. The molecule has 0 atom stereocenters. The summed E-state index contributed by atoms with van der Waals surface area (Å²) in [7, 11) is 0. The monoisotopic (exact) mass is 199 g/mol. The van der Waals surface area contributed by atoms with Crippen LogP contribution in [0.3, 0.4) is 0 Å². The van der Waals surface area contributed by atoms with Gasteiger partial charge in [0.2, 0.25) is 5.96 Å². The molecule has 0 aromatic heterocycles. The maximum atomic E-state index is 8.34. The van der Waals surface area contributed by atoms with Gasteiger partial charge in [0.15, 0.2) is 0 Å². The molecule has 0 saturated carbocycles.